The van der Waals surface area contributed by atoms with Crippen molar-refractivity contribution in [2.75, 3.05) is 13.2 Å². The zero-order valence-electron chi connectivity index (χ0n) is 9.49. The van der Waals surface area contributed by atoms with Gasteiger partial charge in [0.2, 0.25) is 5.78 Å². The summed E-state index contributed by atoms with van der Waals surface area (Å²) in [5, 5.41) is 0. The van der Waals surface area contributed by atoms with Gasteiger partial charge < -0.3 is 9.47 Å². The van der Waals surface area contributed by atoms with E-state index in [1.54, 1.807) is 12.1 Å². The van der Waals surface area contributed by atoms with Crippen LogP contribution in [-0.2, 0) is 0 Å². The average Bonchev–Trinajstić information content (AvgIpc) is 2.66. The summed E-state index contributed by atoms with van der Waals surface area (Å²) in [5.41, 5.74) is 0.668. The number of hydrogen-bond donors (Lipinski definition) is 0. The van der Waals surface area contributed by atoms with E-state index in [1.807, 2.05) is 6.07 Å². The highest BCUT2D eigenvalue weighted by atomic mass is 16.5. The summed E-state index contributed by atoms with van der Waals surface area (Å²) < 4.78 is 10.8. The minimum absolute atomic E-state index is 0.0486. The third-order valence-corrected chi connectivity index (χ3v) is 2.63. The van der Waals surface area contributed by atoms with Crippen molar-refractivity contribution >= 4 is 5.78 Å². The Morgan fingerprint density at radius 2 is 2.25 bits per heavy atom. The van der Waals surface area contributed by atoms with Gasteiger partial charge in [-0.25, -0.2) is 0 Å². The summed E-state index contributed by atoms with van der Waals surface area (Å²) in [6, 6.07) is 5.41. The number of ether oxygens (including phenoxy) is 2. The molecule has 0 fully saturated rings. The summed E-state index contributed by atoms with van der Waals surface area (Å²) in [4.78, 5) is 11.3. The van der Waals surface area contributed by atoms with Crippen LogP contribution in [0.1, 0.15) is 36.5 Å². The lowest BCUT2D eigenvalue weighted by Crippen LogP contribution is -1.98. The molecule has 86 valence electrons. The summed E-state index contributed by atoms with van der Waals surface area (Å²) in [6.45, 7) is 3.05. The van der Waals surface area contributed by atoms with Crippen molar-refractivity contribution in [3.05, 3.63) is 23.8 Å². The topological polar surface area (TPSA) is 35.5 Å². The van der Waals surface area contributed by atoms with Crippen molar-refractivity contribution in [3.63, 3.8) is 0 Å². The first kappa shape index (κ1) is 11.0. The molecule has 0 spiro atoms. The molecule has 0 saturated heterocycles. The maximum absolute atomic E-state index is 11.3. The molecule has 3 heteroatoms. The van der Waals surface area contributed by atoms with Gasteiger partial charge in [-0.3, -0.25) is 4.79 Å². The molecule has 1 aromatic carbocycles. The van der Waals surface area contributed by atoms with Crippen LogP contribution in [0.4, 0.5) is 0 Å². The van der Waals surface area contributed by atoms with Crippen molar-refractivity contribution in [3.8, 4) is 11.5 Å². The first-order chi connectivity index (χ1) is 7.81. The van der Waals surface area contributed by atoms with E-state index in [0.717, 1.165) is 18.8 Å². The molecule has 2 rings (SSSR count). The highest BCUT2D eigenvalue weighted by Crippen LogP contribution is 2.29. The molecule has 0 N–H and O–H groups in total. The van der Waals surface area contributed by atoms with Crippen LogP contribution in [0.5, 0.6) is 11.5 Å². The van der Waals surface area contributed by atoms with Crippen LogP contribution in [0.25, 0.3) is 0 Å². The van der Waals surface area contributed by atoms with Gasteiger partial charge in [-0.1, -0.05) is 19.8 Å². The van der Waals surface area contributed by atoms with Crippen molar-refractivity contribution < 1.29 is 14.3 Å². The first-order valence-electron chi connectivity index (χ1n) is 5.74. The van der Waals surface area contributed by atoms with Crippen LogP contribution in [0.15, 0.2) is 18.2 Å². The minimum atomic E-state index is 0.0486. The van der Waals surface area contributed by atoms with Gasteiger partial charge in [0.15, 0.2) is 6.61 Å². The Hall–Kier alpha value is -1.51. The van der Waals surface area contributed by atoms with Gasteiger partial charge in [-0.05, 0) is 18.6 Å². The SMILES string of the molecule is CCCCCOc1ccc2c(c1)OCC2=O. The van der Waals surface area contributed by atoms with E-state index in [0.29, 0.717) is 11.3 Å². The molecule has 0 atom stereocenters. The largest absolute Gasteiger partial charge is 0.493 e. The van der Waals surface area contributed by atoms with Gasteiger partial charge >= 0.3 is 0 Å². The highest BCUT2D eigenvalue weighted by Gasteiger charge is 2.21. The number of rotatable bonds is 5. The zero-order chi connectivity index (χ0) is 11.4. The lowest BCUT2D eigenvalue weighted by molar-refractivity contribution is 0.0961. The fraction of sp³-hybridized carbons (Fsp3) is 0.462. The number of carbonyl (C=O) groups is 1. The fourth-order valence-corrected chi connectivity index (χ4v) is 1.71. The van der Waals surface area contributed by atoms with Crippen LogP contribution in [0, 0.1) is 0 Å². The Bertz CT molecular complexity index is 385. The van der Waals surface area contributed by atoms with Crippen molar-refractivity contribution in [1.82, 2.24) is 0 Å². The maximum atomic E-state index is 11.3. The predicted octanol–water partition coefficient (Wildman–Crippen LogP) is 2.83. The van der Waals surface area contributed by atoms with E-state index < -0.39 is 0 Å². The quantitative estimate of drug-likeness (QED) is 0.716. The van der Waals surface area contributed by atoms with Gasteiger partial charge in [0.05, 0.1) is 12.2 Å². The summed E-state index contributed by atoms with van der Waals surface area (Å²) in [7, 11) is 0. The van der Waals surface area contributed by atoms with Gasteiger partial charge in [0, 0.05) is 6.07 Å². The third-order valence-electron chi connectivity index (χ3n) is 2.63. The van der Waals surface area contributed by atoms with Crippen LogP contribution in [0.3, 0.4) is 0 Å². The third kappa shape index (κ3) is 2.35. The second-order valence-electron chi connectivity index (χ2n) is 3.93. The number of fused-ring (bicyclic) bond motifs is 1. The van der Waals surface area contributed by atoms with Crippen molar-refractivity contribution in [2.24, 2.45) is 0 Å². The minimum Gasteiger partial charge on any atom is -0.493 e. The Morgan fingerprint density at radius 3 is 3.06 bits per heavy atom. The zero-order valence-corrected chi connectivity index (χ0v) is 9.49. The average molecular weight is 220 g/mol. The number of carbonyl (C=O) groups excluding carboxylic acids is 1. The summed E-state index contributed by atoms with van der Waals surface area (Å²) in [5.74, 6) is 1.48. The lowest BCUT2D eigenvalue weighted by Gasteiger charge is -2.06. The molecule has 0 amide bonds. The van der Waals surface area contributed by atoms with Gasteiger partial charge in [0.1, 0.15) is 11.5 Å². The molecule has 1 aromatic rings. The number of hydrogen-bond acceptors (Lipinski definition) is 3. The van der Waals surface area contributed by atoms with E-state index in [9.17, 15) is 4.79 Å². The van der Waals surface area contributed by atoms with Crippen molar-refractivity contribution in [1.29, 1.82) is 0 Å². The molecule has 0 radical (unpaired) electrons. The molecule has 1 aliphatic heterocycles. The predicted molar refractivity (Wildman–Crippen MR) is 61.3 cm³/mol. The second kappa shape index (κ2) is 5.01. The maximum Gasteiger partial charge on any atom is 0.203 e. The standard InChI is InChI=1S/C13H16O3/c1-2-3-4-7-15-10-5-6-11-12(14)9-16-13(11)8-10/h5-6,8H,2-4,7,9H2,1H3. The Balaban J connectivity index is 1.94. The van der Waals surface area contributed by atoms with E-state index in [4.69, 9.17) is 9.47 Å². The van der Waals surface area contributed by atoms with Crippen LogP contribution >= 0.6 is 0 Å². The van der Waals surface area contributed by atoms with Gasteiger partial charge in [0.25, 0.3) is 0 Å². The number of Topliss-reactive ketones (excluding diaryl/α,β-unsaturated/α-hetero) is 1. The van der Waals surface area contributed by atoms with Crippen LogP contribution < -0.4 is 9.47 Å². The molecule has 0 bridgehead atoms. The molecular formula is C13H16O3. The Kier molecular flexibility index (Phi) is 3.44. The van der Waals surface area contributed by atoms with Crippen LogP contribution in [-0.4, -0.2) is 19.0 Å². The van der Waals surface area contributed by atoms with E-state index in [1.165, 1.54) is 12.8 Å². The van der Waals surface area contributed by atoms with E-state index >= 15 is 0 Å². The first-order valence-corrected chi connectivity index (χ1v) is 5.74. The number of benzene rings is 1. The lowest BCUT2D eigenvalue weighted by atomic mass is 10.1. The molecule has 1 heterocycles. The van der Waals surface area contributed by atoms with Gasteiger partial charge in [-0.2, -0.15) is 0 Å². The molecule has 0 saturated carbocycles. The molecule has 1 aliphatic rings. The van der Waals surface area contributed by atoms with Crippen molar-refractivity contribution in [2.45, 2.75) is 26.2 Å². The van der Waals surface area contributed by atoms with Crippen LogP contribution in [0.2, 0.25) is 0 Å². The smallest absolute Gasteiger partial charge is 0.203 e. The second-order valence-corrected chi connectivity index (χ2v) is 3.93. The summed E-state index contributed by atoms with van der Waals surface area (Å²) >= 11 is 0. The normalized spacial score (nSPS) is 13.4. The molecule has 16 heavy (non-hydrogen) atoms. The fourth-order valence-electron chi connectivity index (χ4n) is 1.71. The highest BCUT2D eigenvalue weighted by molar-refractivity contribution is 6.02. The molecule has 3 nitrogen and oxygen atoms in total. The van der Waals surface area contributed by atoms with E-state index in [2.05, 4.69) is 6.92 Å². The Labute approximate surface area is 95.4 Å². The Morgan fingerprint density at radius 1 is 1.38 bits per heavy atom. The monoisotopic (exact) mass is 220 g/mol. The molecule has 0 unspecified atom stereocenters. The summed E-state index contributed by atoms with van der Waals surface area (Å²) in [6.07, 6.45) is 3.43. The van der Waals surface area contributed by atoms with Gasteiger partial charge in [-0.15, -0.1) is 0 Å². The molecule has 0 aromatic heterocycles. The number of unbranched alkanes of at least 4 members (excludes halogenated alkanes) is 2. The molecule has 0 aliphatic carbocycles. The molecular weight excluding hydrogens is 204 g/mol. The van der Waals surface area contributed by atoms with E-state index in [-0.39, 0.29) is 12.4 Å². The number of ketones is 1.